The van der Waals surface area contributed by atoms with Crippen molar-refractivity contribution >= 4 is 9.84 Å². The molecule has 8 heteroatoms. The van der Waals surface area contributed by atoms with Crippen molar-refractivity contribution in [2.24, 2.45) is 5.92 Å². The largest absolute Gasteiger partial charge is 0.334 e. The third-order valence-corrected chi connectivity index (χ3v) is 4.44. The molecule has 2 aromatic rings. The Morgan fingerprint density at radius 1 is 1.29 bits per heavy atom. The predicted molar refractivity (Wildman–Crippen MR) is 72.0 cm³/mol. The van der Waals surface area contributed by atoms with E-state index in [-0.39, 0.29) is 34.7 Å². The molecule has 114 valence electrons. The lowest BCUT2D eigenvalue weighted by atomic mass is 10.2. The van der Waals surface area contributed by atoms with E-state index in [1.165, 1.54) is 0 Å². The average Bonchev–Trinajstić information content (AvgIpc) is 2.74. The maximum Gasteiger partial charge on any atom is 0.260 e. The van der Waals surface area contributed by atoms with Crippen molar-refractivity contribution in [1.82, 2.24) is 10.1 Å². The summed E-state index contributed by atoms with van der Waals surface area (Å²) in [6.07, 6.45) is 0. The molecule has 0 saturated heterocycles. The lowest BCUT2D eigenvalue weighted by Gasteiger charge is -2.03. The first-order valence-electron chi connectivity index (χ1n) is 6.25. The number of aromatic nitrogens is 2. The van der Waals surface area contributed by atoms with Crippen LogP contribution in [0.25, 0.3) is 11.5 Å². The topological polar surface area (TPSA) is 73.1 Å². The maximum atomic E-state index is 13.6. The molecular weight excluding hydrogens is 302 g/mol. The van der Waals surface area contributed by atoms with Crippen LogP contribution in [0.3, 0.4) is 0 Å². The predicted octanol–water partition coefficient (Wildman–Crippen LogP) is 2.59. The monoisotopic (exact) mass is 316 g/mol. The van der Waals surface area contributed by atoms with E-state index in [2.05, 4.69) is 10.1 Å². The summed E-state index contributed by atoms with van der Waals surface area (Å²) in [4.78, 5) is 3.84. The molecule has 0 saturated carbocycles. The highest BCUT2D eigenvalue weighted by atomic mass is 32.2. The third kappa shape index (κ3) is 4.07. The van der Waals surface area contributed by atoms with Gasteiger partial charge in [-0.25, -0.2) is 17.2 Å². The molecular formula is C13H14F2N2O3S. The molecule has 0 aliphatic heterocycles. The van der Waals surface area contributed by atoms with Crippen LogP contribution in [0.2, 0.25) is 0 Å². The van der Waals surface area contributed by atoms with E-state index in [1.807, 2.05) is 0 Å². The molecule has 0 radical (unpaired) electrons. The van der Waals surface area contributed by atoms with Crippen LogP contribution in [0.5, 0.6) is 0 Å². The van der Waals surface area contributed by atoms with Crippen LogP contribution in [0.15, 0.2) is 22.7 Å². The number of sulfone groups is 1. The Hall–Kier alpha value is -1.83. The molecule has 0 atom stereocenters. The molecule has 5 nitrogen and oxygen atoms in total. The van der Waals surface area contributed by atoms with Crippen molar-refractivity contribution in [3.63, 3.8) is 0 Å². The van der Waals surface area contributed by atoms with E-state index in [0.29, 0.717) is 6.07 Å². The van der Waals surface area contributed by atoms with Crippen LogP contribution in [0.1, 0.15) is 19.7 Å². The Morgan fingerprint density at radius 2 is 2.00 bits per heavy atom. The molecule has 2 rings (SSSR count). The molecule has 0 amide bonds. The summed E-state index contributed by atoms with van der Waals surface area (Å²) >= 11 is 0. The highest BCUT2D eigenvalue weighted by Gasteiger charge is 2.20. The second-order valence-corrected chi connectivity index (χ2v) is 7.20. The Morgan fingerprint density at radius 3 is 2.62 bits per heavy atom. The fraction of sp³-hybridized carbons (Fsp3) is 0.385. The van der Waals surface area contributed by atoms with Gasteiger partial charge in [-0.1, -0.05) is 19.0 Å². The highest BCUT2D eigenvalue weighted by molar-refractivity contribution is 7.90. The van der Waals surface area contributed by atoms with Crippen molar-refractivity contribution in [2.45, 2.75) is 19.6 Å². The molecule has 0 unspecified atom stereocenters. The fourth-order valence-electron chi connectivity index (χ4n) is 1.85. The van der Waals surface area contributed by atoms with Crippen LogP contribution in [0.4, 0.5) is 8.78 Å². The van der Waals surface area contributed by atoms with Gasteiger partial charge < -0.3 is 4.52 Å². The van der Waals surface area contributed by atoms with Crippen LogP contribution < -0.4 is 0 Å². The Bertz CT molecular complexity index is 742. The minimum Gasteiger partial charge on any atom is -0.334 e. The first kappa shape index (κ1) is 15.6. The van der Waals surface area contributed by atoms with Crippen LogP contribution in [-0.2, 0) is 15.6 Å². The number of halogens is 2. The summed E-state index contributed by atoms with van der Waals surface area (Å²) < 4.78 is 54.9. The van der Waals surface area contributed by atoms with Crippen molar-refractivity contribution in [3.8, 4) is 11.5 Å². The summed E-state index contributed by atoms with van der Waals surface area (Å²) in [5.74, 6) is -2.20. The molecule has 0 N–H and O–H groups in total. The van der Waals surface area contributed by atoms with Gasteiger partial charge in [-0.2, -0.15) is 4.98 Å². The van der Waals surface area contributed by atoms with Gasteiger partial charge in [0.2, 0.25) is 0 Å². The van der Waals surface area contributed by atoms with Gasteiger partial charge in [0.25, 0.3) is 5.89 Å². The SMILES string of the molecule is CC(C)CS(=O)(=O)Cc1noc(-c2ccc(F)cc2F)n1. The molecule has 0 aliphatic rings. The van der Waals surface area contributed by atoms with E-state index in [0.717, 1.165) is 12.1 Å². The molecule has 1 heterocycles. The minimum atomic E-state index is -3.36. The first-order valence-corrected chi connectivity index (χ1v) is 8.07. The standard InChI is InChI=1S/C13H14F2N2O3S/c1-8(2)6-21(18,19)7-12-16-13(20-17-12)10-4-3-9(14)5-11(10)15/h3-5,8H,6-7H2,1-2H3. The zero-order valence-electron chi connectivity index (χ0n) is 11.5. The molecule has 0 fully saturated rings. The summed E-state index contributed by atoms with van der Waals surface area (Å²) in [6, 6.07) is 2.90. The Balaban J connectivity index is 2.22. The Kier molecular flexibility index (Phi) is 4.36. The molecule has 0 bridgehead atoms. The molecule has 0 spiro atoms. The van der Waals surface area contributed by atoms with Crippen LogP contribution in [-0.4, -0.2) is 24.3 Å². The van der Waals surface area contributed by atoms with E-state index in [1.54, 1.807) is 13.8 Å². The van der Waals surface area contributed by atoms with Crippen molar-refractivity contribution in [2.75, 3.05) is 5.75 Å². The van der Waals surface area contributed by atoms with Crippen molar-refractivity contribution < 1.29 is 21.7 Å². The van der Waals surface area contributed by atoms with E-state index in [4.69, 9.17) is 4.52 Å². The van der Waals surface area contributed by atoms with Gasteiger partial charge in [0.05, 0.1) is 11.3 Å². The van der Waals surface area contributed by atoms with Gasteiger partial charge in [-0.3, -0.25) is 0 Å². The number of nitrogens with zero attached hydrogens (tertiary/aromatic N) is 2. The van der Waals surface area contributed by atoms with Crippen LogP contribution in [0, 0.1) is 17.6 Å². The lowest BCUT2D eigenvalue weighted by Crippen LogP contribution is -2.14. The van der Waals surface area contributed by atoms with E-state index < -0.39 is 21.5 Å². The summed E-state index contributed by atoms with van der Waals surface area (Å²) in [6.45, 7) is 3.57. The van der Waals surface area contributed by atoms with Gasteiger partial charge in [-0.05, 0) is 18.1 Å². The zero-order valence-corrected chi connectivity index (χ0v) is 12.3. The number of hydrogen-bond donors (Lipinski definition) is 0. The van der Waals surface area contributed by atoms with Crippen molar-refractivity contribution in [3.05, 3.63) is 35.7 Å². The van der Waals surface area contributed by atoms with E-state index >= 15 is 0 Å². The van der Waals surface area contributed by atoms with Gasteiger partial charge in [-0.15, -0.1) is 0 Å². The lowest BCUT2D eigenvalue weighted by molar-refractivity contribution is 0.422. The summed E-state index contributed by atoms with van der Waals surface area (Å²) in [5.41, 5.74) is -0.0728. The zero-order chi connectivity index (χ0) is 15.6. The summed E-state index contributed by atoms with van der Waals surface area (Å²) in [7, 11) is -3.36. The second kappa shape index (κ2) is 5.88. The molecule has 1 aromatic carbocycles. The van der Waals surface area contributed by atoms with Crippen LogP contribution >= 0.6 is 0 Å². The van der Waals surface area contributed by atoms with Gasteiger partial charge in [0.15, 0.2) is 15.7 Å². The van der Waals surface area contributed by atoms with E-state index in [9.17, 15) is 17.2 Å². The maximum absolute atomic E-state index is 13.6. The van der Waals surface area contributed by atoms with Gasteiger partial charge in [0, 0.05) is 6.07 Å². The molecule has 1 aromatic heterocycles. The quantitative estimate of drug-likeness (QED) is 0.847. The number of hydrogen-bond acceptors (Lipinski definition) is 5. The average molecular weight is 316 g/mol. The Labute approximate surface area is 120 Å². The fourth-order valence-corrected chi connectivity index (χ4v) is 3.49. The number of benzene rings is 1. The summed E-state index contributed by atoms with van der Waals surface area (Å²) in [5, 5.41) is 3.52. The smallest absolute Gasteiger partial charge is 0.260 e. The molecule has 21 heavy (non-hydrogen) atoms. The molecule has 0 aliphatic carbocycles. The normalized spacial score (nSPS) is 12.0. The second-order valence-electron chi connectivity index (χ2n) is 5.09. The number of rotatable bonds is 5. The highest BCUT2D eigenvalue weighted by Crippen LogP contribution is 2.22. The van der Waals surface area contributed by atoms with Gasteiger partial charge in [0.1, 0.15) is 17.4 Å². The van der Waals surface area contributed by atoms with Crippen molar-refractivity contribution in [1.29, 1.82) is 0 Å². The third-order valence-electron chi connectivity index (χ3n) is 2.57. The first-order chi connectivity index (χ1) is 9.77. The minimum absolute atomic E-state index is 0.00177. The van der Waals surface area contributed by atoms with Gasteiger partial charge >= 0.3 is 0 Å².